The molecule has 6 aromatic rings. The number of aromatic nitrogens is 4. The van der Waals surface area contributed by atoms with Gasteiger partial charge in [0.15, 0.2) is 0 Å². The van der Waals surface area contributed by atoms with Crippen molar-refractivity contribution in [2.45, 2.75) is 62.7 Å². The maximum atomic E-state index is 14.4. The number of aromatic amines is 2. The van der Waals surface area contributed by atoms with E-state index in [1.54, 1.807) is 17.0 Å². The average Bonchev–Trinajstić information content (AvgIpc) is 4.00. The smallest absolute Gasteiger partial charge is 0.407 e. The Balaban J connectivity index is 0.921. The van der Waals surface area contributed by atoms with Crippen molar-refractivity contribution in [3.05, 3.63) is 108 Å². The third kappa shape index (κ3) is 5.87. The number of benzene rings is 4. The normalized spacial score (nSPS) is 21.4. The van der Waals surface area contributed by atoms with Crippen LogP contribution in [-0.2, 0) is 9.53 Å². The van der Waals surface area contributed by atoms with Gasteiger partial charge in [-0.15, -0.1) is 0 Å². The molecule has 53 heavy (non-hydrogen) atoms. The summed E-state index contributed by atoms with van der Waals surface area (Å²) < 4.78 is 19.2. The van der Waals surface area contributed by atoms with E-state index in [0.717, 1.165) is 82.2 Å². The molecule has 3 saturated heterocycles. The van der Waals surface area contributed by atoms with E-state index in [4.69, 9.17) is 14.7 Å². The Hall–Kier alpha value is -6.04. The van der Waals surface area contributed by atoms with E-state index in [2.05, 4.69) is 57.7 Å². The summed E-state index contributed by atoms with van der Waals surface area (Å²) >= 11 is 0. The summed E-state index contributed by atoms with van der Waals surface area (Å²) in [5, 5.41) is 2.69. The Kier molecular flexibility index (Phi) is 8.17. The predicted molar refractivity (Wildman–Crippen MR) is 197 cm³/mol. The molecule has 3 aliphatic rings. The number of H-pyrrole nitrogens is 2. The van der Waals surface area contributed by atoms with E-state index >= 15 is 0 Å². The van der Waals surface area contributed by atoms with Crippen molar-refractivity contribution in [1.82, 2.24) is 35.1 Å². The molecule has 3 N–H and O–H groups in total. The van der Waals surface area contributed by atoms with Crippen LogP contribution in [0.15, 0.2) is 84.9 Å². The van der Waals surface area contributed by atoms with Gasteiger partial charge in [-0.2, -0.15) is 0 Å². The molecule has 3 aliphatic heterocycles. The zero-order valence-corrected chi connectivity index (χ0v) is 29.1. The number of nitrogens with one attached hydrogen (secondary N) is 3. The number of likely N-dealkylation sites (tertiary alicyclic amines) is 1. The van der Waals surface area contributed by atoms with Gasteiger partial charge in [-0.05, 0) is 97.2 Å². The van der Waals surface area contributed by atoms with Crippen molar-refractivity contribution in [1.29, 1.82) is 0 Å². The van der Waals surface area contributed by atoms with Gasteiger partial charge < -0.3 is 29.8 Å². The SMILES string of the molecule is COC(=O)N[C@H]1CC[C@H]2CC[C@@H](c3nc4ccc(-c5ccc(-c6ccc7nc([C@@H]8CCCN8C(=O)c8ccccc8F)[nH]c7c6)cc5)cc4[nH]3)N2C1=O. The molecule has 11 nitrogen and oxygen atoms in total. The van der Waals surface area contributed by atoms with E-state index in [1.165, 1.54) is 19.2 Å². The van der Waals surface area contributed by atoms with Crippen LogP contribution in [0.5, 0.6) is 0 Å². The van der Waals surface area contributed by atoms with Crippen LogP contribution in [0.25, 0.3) is 44.3 Å². The van der Waals surface area contributed by atoms with E-state index in [0.29, 0.717) is 18.8 Å². The number of hydrogen-bond acceptors (Lipinski definition) is 6. The molecule has 9 rings (SSSR count). The standard InChI is InChI=1S/C41H38FN7O4/c1-53-41(52)47-32-18-14-27-15-19-36(49(27)40(32)51)38-44-31-17-13-26(22-34(31)46-38)24-10-8-23(9-11-24)25-12-16-30-33(21-25)45-37(43-30)35-7-4-20-48(35)39(50)28-5-2-3-6-29(28)42/h2-3,5-6,8-13,16-17,21-22,27,32,35-36H,4,7,14-15,18-20H2,1H3,(H,43,45)(H,44,46)(H,47,52)/t27-,32-,35-,36-/m0/s1. The minimum Gasteiger partial charge on any atom is -0.453 e. The summed E-state index contributed by atoms with van der Waals surface area (Å²) in [5.41, 5.74) is 7.69. The number of fused-ring (bicyclic) bond motifs is 3. The number of rotatable bonds is 6. The molecule has 3 fully saturated rings. The minimum absolute atomic E-state index is 0.0820. The number of alkyl carbamates (subject to hydrolysis) is 1. The van der Waals surface area contributed by atoms with E-state index in [-0.39, 0.29) is 35.5 Å². The van der Waals surface area contributed by atoms with Crippen LogP contribution in [0, 0.1) is 5.82 Å². The molecule has 3 amide bonds. The number of nitrogens with zero attached hydrogens (tertiary/aromatic N) is 4. The molecule has 0 unspecified atom stereocenters. The number of hydrogen-bond donors (Lipinski definition) is 3. The number of halogens is 1. The lowest BCUT2D eigenvalue weighted by atomic mass is 9.98. The van der Waals surface area contributed by atoms with Crippen LogP contribution < -0.4 is 5.32 Å². The summed E-state index contributed by atoms with van der Waals surface area (Å²) in [7, 11) is 1.30. The quantitative estimate of drug-likeness (QED) is 0.164. The molecular formula is C41H38FN7O4. The molecule has 2 aromatic heterocycles. The highest BCUT2D eigenvalue weighted by molar-refractivity contribution is 5.95. The van der Waals surface area contributed by atoms with E-state index < -0.39 is 18.0 Å². The van der Waals surface area contributed by atoms with Crippen LogP contribution >= 0.6 is 0 Å². The zero-order valence-electron chi connectivity index (χ0n) is 29.1. The van der Waals surface area contributed by atoms with Crippen LogP contribution in [0.3, 0.4) is 0 Å². The number of methoxy groups -OCH3 is 1. The number of piperidine rings is 1. The second-order valence-electron chi connectivity index (χ2n) is 14.2. The maximum absolute atomic E-state index is 14.4. The molecule has 0 spiro atoms. The fraction of sp³-hybridized carbons (Fsp3) is 0.293. The van der Waals surface area contributed by atoms with Gasteiger partial charge >= 0.3 is 6.09 Å². The van der Waals surface area contributed by atoms with Crippen molar-refractivity contribution in [2.24, 2.45) is 0 Å². The molecular weight excluding hydrogens is 673 g/mol. The monoisotopic (exact) mass is 711 g/mol. The Morgan fingerprint density at radius 2 is 1.38 bits per heavy atom. The van der Waals surface area contributed by atoms with Gasteiger partial charge in [0.05, 0.1) is 46.8 Å². The van der Waals surface area contributed by atoms with Crippen molar-refractivity contribution in [3.8, 4) is 22.3 Å². The van der Waals surface area contributed by atoms with Crippen LogP contribution in [0.4, 0.5) is 9.18 Å². The fourth-order valence-corrected chi connectivity index (χ4v) is 8.44. The first kappa shape index (κ1) is 32.8. The fourth-order valence-electron chi connectivity index (χ4n) is 8.44. The Bertz CT molecular complexity index is 2390. The van der Waals surface area contributed by atoms with Crippen molar-refractivity contribution in [2.75, 3.05) is 13.7 Å². The lowest BCUT2D eigenvalue weighted by Crippen LogP contribution is -2.54. The largest absolute Gasteiger partial charge is 0.453 e. The number of carbonyl (C=O) groups excluding carboxylic acids is 3. The van der Waals surface area contributed by atoms with E-state index in [9.17, 15) is 18.8 Å². The minimum atomic E-state index is -0.597. The van der Waals surface area contributed by atoms with Gasteiger partial charge in [0.2, 0.25) is 5.91 Å². The van der Waals surface area contributed by atoms with Crippen molar-refractivity contribution < 1.29 is 23.5 Å². The third-order valence-corrected chi connectivity index (χ3v) is 11.1. The first-order chi connectivity index (χ1) is 25.8. The first-order valence-electron chi connectivity index (χ1n) is 18.2. The average molecular weight is 712 g/mol. The molecule has 0 radical (unpaired) electrons. The van der Waals surface area contributed by atoms with Crippen LogP contribution in [0.1, 0.15) is 72.6 Å². The summed E-state index contributed by atoms with van der Waals surface area (Å²) in [4.78, 5) is 58.8. The summed E-state index contributed by atoms with van der Waals surface area (Å²) in [6, 6.07) is 25.9. The highest BCUT2D eigenvalue weighted by Crippen LogP contribution is 2.41. The Labute approximate surface area is 304 Å². The number of carbonyl (C=O) groups is 3. The predicted octanol–water partition coefficient (Wildman–Crippen LogP) is 7.44. The molecule has 12 heteroatoms. The van der Waals surface area contributed by atoms with Crippen LogP contribution in [0.2, 0.25) is 0 Å². The van der Waals surface area contributed by atoms with Gasteiger partial charge in [-0.3, -0.25) is 9.59 Å². The molecule has 5 heterocycles. The number of imidazole rings is 2. The zero-order chi connectivity index (χ0) is 36.2. The Morgan fingerprint density at radius 3 is 2.02 bits per heavy atom. The van der Waals surface area contributed by atoms with Gasteiger partial charge in [0.25, 0.3) is 5.91 Å². The molecule has 0 bridgehead atoms. The Morgan fingerprint density at radius 1 is 0.774 bits per heavy atom. The molecule has 4 aromatic carbocycles. The molecule has 0 saturated carbocycles. The highest BCUT2D eigenvalue weighted by atomic mass is 19.1. The number of ether oxygens (including phenoxy) is 1. The topological polar surface area (TPSA) is 136 Å². The summed E-state index contributed by atoms with van der Waals surface area (Å²) in [5.74, 6) is 0.555. The molecule has 0 aliphatic carbocycles. The van der Waals surface area contributed by atoms with Gasteiger partial charge in [-0.1, -0.05) is 48.5 Å². The lowest BCUT2D eigenvalue weighted by Gasteiger charge is -2.37. The van der Waals surface area contributed by atoms with Crippen molar-refractivity contribution in [3.63, 3.8) is 0 Å². The van der Waals surface area contributed by atoms with E-state index in [1.807, 2.05) is 23.1 Å². The third-order valence-electron chi connectivity index (χ3n) is 11.1. The van der Waals surface area contributed by atoms with Gasteiger partial charge in [0, 0.05) is 12.6 Å². The molecule has 268 valence electrons. The van der Waals surface area contributed by atoms with Crippen molar-refractivity contribution >= 4 is 40.0 Å². The van der Waals surface area contributed by atoms with Gasteiger partial charge in [0.1, 0.15) is 23.5 Å². The summed E-state index contributed by atoms with van der Waals surface area (Å²) in [6.45, 7) is 0.555. The maximum Gasteiger partial charge on any atom is 0.407 e. The van der Waals surface area contributed by atoms with Gasteiger partial charge in [-0.25, -0.2) is 19.2 Å². The second-order valence-corrected chi connectivity index (χ2v) is 14.2. The number of amides is 3. The van der Waals surface area contributed by atoms with Crippen LogP contribution in [-0.4, -0.2) is 73.4 Å². The second kappa shape index (κ2) is 13.2. The lowest BCUT2D eigenvalue weighted by molar-refractivity contribution is -0.139. The first-order valence-corrected chi connectivity index (χ1v) is 18.2. The molecule has 4 atom stereocenters. The highest BCUT2D eigenvalue weighted by Gasteiger charge is 2.45. The summed E-state index contributed by atoms with van der Waals surface area (Å²) in [6.07, 6.45) is 4.14.